The molecule has 0 amide bonds. The van der Waals surface area contributed by atoms with Crippen LogP contribution in [0.4, 0.5) is 0 Å². The Kier molecular flexibility index (Phi) is 3.93. The largest absolute Gasteiger partial charge is 0.396 e. The van der Waals surface area contributed by atoms with E-state index in [2.05, 4.69) is 113 Å². The van der Waals surface area contributed by atoms with E-state index in [1.54, 1.807) is 0 Å². The van der Waals surface area contributed by atoms with Crippen LogP contribution in [0.25, 0.3) is 22.3 Å². The summed E-state index contributed by atoms with van der Waals surface area (Å²) in [4.78, 5) is 0. The Hall–Kier alpha value is -3.71. The van der Waals surface area contributed by atoms with Gasteiger partial charge in [0.25, 0.3) is 5.76 Å². The van der Waals surface area contributed by atoms with Crippen LogP contribution in [0.1, 0.15) is 22.3 Å². The molecular weight excluding hydrogens is 468 g/mol. The second kappa shape index (κ2) is 6.89. The highest BCUT2D eigenvalue weighted by Gasteiger charge is 2.51. The summed E-state index contributed by atoms with van der Waals surface area (Å²) in [5.41, 5.74) is 10.1. The minimum absolute atomic E-state index is 0.349. The second-order valence-electron chi connectivity index (χ2n) is 8.55. The van der Waals surface area contributed by atoms with Crippen molar-refractivity contribution < 1.29 is 4.74 Å². The Balaban J connectivity index is 1.54. The van der Waals surface area contributed by atoms with Crippen molar-refractivity contribution in [2.24, 2.45) is 0 Å². The van der Waals surface area contributed by atoms with Gasteiger partial charge < -0.3 is 4.74 Å². The minimum Gasteiger partial charge on any atom is -0.396 e. The summed E-state index contributed by atoms with van der Waals surface area (Å²) >= 11 is 3.60. The zero-order valence-electron chi connectivity index (χ0n) is 17.7. The van der Waals surface area contributed by atoms with Crippen molar-refractivity contribution in [1.82, 2.24) is 0 Å². The smallest absolute Gasteiger partial charge is 0.256 e. The topological polar surface area (TPSA) is 9.23 Å². The maximum absolute atomic E-state index is 6.33. The van der Waals surface area contributed by atoms with E-state index >= 15 is 0 Å². The number of hydrogen-bond donors (Lipinski definition) is 0. The molecule has 0 saturated heterocycles. The molecule has 3 aliphatic rings. The maximum Gasteiger partial charge on any atom is 0.256 e. The molecule has 0 aliphatic heterocycles. The number of ether oxygens (including phenoxy) is 1. The summed E-state index contributed by atoms with van der Waals surface area (Å²) in [7, 11) is 0. The highest BCUT2D eigenvalue weighted by Crippen LogP contribution is 2.63. The van der Waals surface area contributed by atoms with Crippen molar-refractivity contribution in [2.75, 3.05) is 0 Å². The van der Waals surface area contributed by atoms with Crippen LogP contribution in [0.2, 0.25) is 0 Å². The van der Waals surface area contributed by atoms with Crippen molar-refractivity contribution in [3.05, 3.63) is 148 Å². The number of benzene rings is 4. The molecule has 0 heterocycles. The Labute approximate surface area is 201 Å². The van der Waals surface area contributed by atoms with E-state index in [1.807, 2.05) is 18.2 Å². The minimum atomic E-state index is -0.349. The Bertz CT molecular complexity index is 1490. The SMILES string of the molecule is BrC1=C(Oc2ccc3c(c2)C2(c4ccccc4-c4ccccc42)c2ccccc2-3)C=[C+]C=C1. The highest BCUT2D eigenvalue weighted by atomic mass is 79.9. The van der Waals surface area contributed by atoms with Gasteiger partial charge in [-0.1, -0.05) is 78.9 Å². The van der Waals surface area contributed by atoms with Gasteiger partial charge >= 0.3 is 0 Å². The molecule has 2 heteroatoms. The fourth-order valence-corrected chi connectivity index (χ4v) is 6.07. The average Bonchev–Trinajstić information content (AvgIpc) is 3.33. The van der Waals surface area contributed by atoms with Gasteiger partial charge in [-0.2, -0.15) is 0 Å². The van der Waals surface area contributed by atoms with Crippen molar-refractivity contribution in [3.8, 4) is 28.0 Å². The lowest BCUT2D eigenvalue weighted by atomic mass is 9.70. The van der Waals surface area contributed by atoms with E-state index < -0.39 is 0 Å². The predicted molar refractivity (Wildman–Crippen MR) is 136 cm³/mol. The maximum atomic E-state index is 6.33. The van der Waals surface area contributed by atoms with Gasteiger partial charge in [-0.05, 0) is 72.6 Å². The monoisotopic (exact) mass is 485 g/mol. The standard InChI is InChI=1S/C31H18BrO/c32-29-15-7-8-16-30(29)33-20-17-18-24-23-11-3-6-14-27(23)31(28(24)19-20)25-12-4-1-9-21(25)22-10-2-5-13-26(22)31/h1-7,9-19H/q+1. The van der Waals surface area contributed by atoms with Gasteiger partial charge in [0.05, 0.1) is 11.5 Å². The number of fused-ring (bicyclic) bond motifs is 10. The van der Waals surface area contributed by atoms with E-state index in [0.29, 0.717) is 0 Å². The van der Waals surface area contributed by atoms with Crippen LogP contribution in [0.15, 0.2) is 119 Å². The normalized spacial score (nSPS) is 15.7. The average molecular weight is 486 g/mol. The molecule has 0 saturated carbocycles. The van der Waals surface area contributed by atoms with Crippen LogP contribution in [-0.2, 0) is 5.41 Å². The Morgan fingerprint density at radius 3 is 1.76 bits per heavy atom. The molecule has 0 atom stereocenters. The quantitative estimate of drug-likeness (QED) is 0.226. The van der Waals surface area contributed by atoms with Crippen molar-refractivity contribution in [3.63, 3.8) is 0 Å². The molecule has 33 heavy (non-hydrogen) atoms. The van der Waals surface area contributed by atoms with Crippen molar-refractivity contribution in [2.45, 2.75) is 5.41 Å². The zero-order chi connectivity index (χ0) is 22.0. The molecule has 0 radical (unpaired) electrons. The number of rotatable bonds is 2. The lowest BCUT2D eigenvalue weighted by Gasteiger charge is -2.30. The van der Waals surface area contributed by atoms with Crippen molar-refractivity contribution in [1.29, 1.82) is 0 Å². The highest BCUT2D eigenvalue weighted by molar-refractivity contribution is 9.11. The third kappa shape index (κ3) is 2.45. The summed E-state index contributed by atoms with van der Waals surface area (Å²) in [6, 6.07) is 33.0. The number of halogens is 1. The molecule has 0 unspecified atom stereocenters. The van der Waals surface area contributed by atoms with E-state index in [0.717, 1.165) is 16.0 Å². The molecular formula is C31H18BrO+. The van der Waals surface area contributed by atoms with Crippen LogP contribution in [0.5, 0.6) is 5.75 Å². The lowest BCUT2D eigenvalue weighted by molar-refractivity contribution is 0.442. The van der Waals surface area contributed by atoms with Crippen LogP contribution >= 0.6 is 15.9 Å². The molecule has 3 aliphatic carbocycles. The van der Waals surface area contributed by atoms with Gasteiger partial charge in [0, 0.05) is 6.08 Å². The van der Waals surface area contributed by atoms with Crippen LogP contribution < -0.4 is 4.74 Å². The fourth-order valence-electron chi connectivity index (χ4n) is 5.74. The summed E-state index contributed by atoms with van der Waals surface area (Å²) in [6.07, 6.45) is 8.79. The van der Waals surface area contributed by atoms with Gasteiger partial charge in [0.15, 0.2) is 4.48 Å². The predicted octanol–water partition coefficient (Wildman–Crippen LogP) is 7.94. The van der Waals surface area contributed by atoms with Gasteiger partial charge in [-0.3, -0.25) is 0 Å². The molecule has 0 bridgehead atoms. The first kappa shape index (κ1) is 18.8. The first-order chi connectivity index (χ1) is 16.3. The first-order valence-electron chi connectivity index (χ1n) is 11.1. The van der Waals surface area contributed by atoms with E-state index in [1.165, 1.54) is 44.5 Å². The summed E-state index contributed by atoms with van der Waals surface area (Å²) in [5, 5.41) is 0. The molecule has 0 N–H and O–H groups in total. The second-order valence-corrected chi connectivity index (χ2v) is 9.41. The number of hydrogen-bond acceptors (Lipinski definition) is 1. The molecule has 4 aromatic rings. The fraction of sp³-hybridized carbons (Fsp3) is 0.0323. The van der Waals surface area contributed by atoms with E-state index in [4.69, 9.17) is 4.74 Å². The van der Waals surface area contributed by atoms with Gasteiger partial charge in [0.1, 0.15) is 17.9 Å². The summed E-state index contributed by atoms with van der Waals surface area (Å²) < 4.78 is 7.25. The van der Waals surface area contributed by atoms with E-state index in [-0.39, 0.29) is 5.41 Å². The molecule has 154 valence electrons. The van der Waals surface area contributed by atoms with Gasteiger partial charge in [-0.15, -0.1) is 0 Å². The van der Waals surface area contributed by atoms with E-state index in [9.17, 15) is 0 Å². The molecule has 1 spiro atoms. The summed E-state index contributed by atoms with van der Waals surface area (Å²) in [5.74, 6) is 1.58. The Morgan fingerprint density at radius 2 is 1.18 bits per heavy atom. The molecule has 1 nitrogen and oxygen atoms in total. The van der Waals surface area contributed by atoms with Crippen LogP contribution in [0.3, 0.4) is 0 Å². The molecule has 4 aromatic carbocycles. The Morgan fingerprint density at radius 1 is 0.636 bits per heavy atom. The first-order valence-corrected chi connectivity index (χ1v) is 11.8. The van der Waals surface area contributed by atoms with Crippen LogP contribution in [-0.4, -0.2) is 0 Å². The van der Waals surface area contributed by atoms with Crippen molar-refractivity contribution >= 4 is 15.9 Å². The lowest BCUT2D eigenvalue weighted by Crippen LogP contribution is -2.25. The van der Waals surface area contributed by atoms with Gasteiger partial charge in [-0.25, -0.2) is 0 Å². The molecule has 0 aromatic heterocycles. The summed E-state index contributed by atoms with van der Waals surface area (Å²) in [6.45, 7) is 0. The third-order valence-electron chi connectivity index (χ3n) is 6.97. The number of allylic oxidation sites excluding steroid dienone is 5. The zero-order valence-corrected chi connectivity index (χ0v) is 19.3. The molecule has 0 fully saturated rings. The molecule has 7 rings (SSSR count). The van der Waals surface area contributed by atoms with Gasteiger partial charge in [0.2, 0.25) is 0 Å². The van der Waals surface area contributed by atoms with Crippen LogP contribution in [0, 0.1) is 6.08 Å². The third-order valence-corrected chi connectivity index (χ3v) is 7.63.